The maximum atomic E-state index is 9.73. The molecule has 1 rings (SSSR count). The predicted molar refractivity (Wildman–Crippen MR) is 56.2 cm³/mol. The summed E-state index contributed by atoms with van der Waals surface area (Å²) in [5.41, 5.74) is 7.88. The third kappa shape index (κ3) is 2.05. The molecule has 4 N–H and O–H groups in total. The lowest BCUT2D eigenvalue weighted by molar-refractivity contribution is 0.153. The van der Waals surface area contributed by atoms with Crippen LogP contribution in [0, 0.1) is 13.8 Å². The van der Waals surface area contributed by atoms with Crippen molar-refractivity contribution in [2.75, 3.05) is 0 Å². The fraction of sp³-hybridized carbons (Fsp3) is 0.455. The molecule has 3 heteroatoms. The molecule has 1 aromatic carbocycles. The summed E-state index contributed by atoms with van der Waals surface area (Å²) < 4.78 is 0. The van der Waals surface area contributed by atoms with E-state index in [1.807, 2.05) is 0 Å². The number of hydrogen-bond donors (Lipinski definition) is 3. The van der Waals surface area contributed by atoms with Crippen LogP contribution in [0.3, 0.4) is 0 Å². The average molecular weight is 195 g/mol. The van der Waals surface area contributed by atoms with E-state index in [0.717, 1.165) is 16.7 Å². The Kier molecular flexibility index (Phi) is 3.13. The molecule has 0 bridgehead atoms. The lowest BCUT2D eigenvalue weighted by atomic mass is 9.99. The molecule has 0 heterocycles. The number of phenols is 1. The second-order valence-electron chi connectivity index (χ2n) is 3.81. The summed E-state index contributed by atoms with van der Waals surface area (Å²) in [6.45, 7) is 5.36. The number of nitrogens with two attached hydrogens (primary N) is 1. The van der Waals surface area contributed by atoms with Gasteiger partial charge in [0.05, 0.1) is 6.10 Å². The Morgan fingerprint density at radius 2 is 1.64 bits per heavy atom. The molecule has 14 heavy (non-hydrogen) atoms. The molecule has 0 fully saturated rings. The third-order valence-corrected chi connectivity index (χ3v) is 2.35. The van der Waals surface area contributed by atoms with Gasteiger partial charge in [-0.05, 0) is 49.6 Å². The van der Waals surface area contributed by atoms with Gasteiger partial charge in [-0.25, -0.2) is 0 Å². The monoisotopic (exact) mass is 195 g/mol. The first-order valence-corrected chi connectivity index (χ1v) is 4.67. The van der Waals surface area contributed by atoms with Crippen LogP contribution in [0.2, 0.25) is 0 Å². The van der Waals surface area contributed by atoms with Gasteiger partial charge < -0.3 is 15.9 Å². The van der Waals surface area contributed by atoms with Crippen molar-refractivity contribution in [2.24, 2.45) is 5.73 Å². The predicted octanol–water partition coefficient (Wildman–Crippen LogP) is 1.39. The molecule has 0 saturated carbocycles. The zero-order valence-electron chi connectivity index (χ0n) is 8.78. The summed E-state index contributed by atoms with van der Waals surface area (Å²) >= 11 is 0. The van der Waals surface area contributed by atoms with Crippen molar-refractivity contribution in [2.45, 2.75) is 32.9 Å². The molecule has 0 aliphatic heterocycles. The highest BCUT2D eigenvalue weighted by Crippen LogP contribution is 2.26. The smallest absolute Gasteiger partial charge is 0.121 e. The van der Waals surface area contributed by atoms with Crippen molar-refractivity contribution in [1.82, 2.24) is 0 Å². The van der Waals surface area contributed by atoms with Crippen LogP contribution in [0.4, 0.5) is 0 Å². The van der Waals surface area contributed by atoms with Crippen LogP contribution in [-0.2, 0) is 0 Å². The third-order valence-electron chi connectivity index (χ3n) is 2.35. The minimum Gasteiger partial charge on any atom is -0.507 e. The van der Waals surface area contributed by atoms with Gasteiger partial charge in [-0.15, -0.1) is 0 Å². The van der Waals surface area contributed by atoms with Crippen LogP contribution in [0.15, 0.2) is 12.1 Å². The van der Waals surface area contributed by atoms with E-state index < -0.39 is 6.10 Å². The maximum Gasteiger partial charge on any atom is 0.121 e. The van der Waals surface area contributed by atoms with E-state index in [1.54, 1.807) is 32.9 Å². The van der Waals surface area contributed by atoms with Gasteiger partial charge in [0.1, 0.15) is 5.75 Å². The zero-order valence-corrected chi connectivity index (χ0v) is 8.78. The van der Waals surface area contributed by atoms with Gasteiger partial charge in [0.2, 0.25) is 0 Å². The summed E-state index contributed by atoms with van der Waals surface area (Å²) in [7, 11) is 0. The van der Waals surface area contributed by atoms with Crippen molar-refractivity contribution in [3.63, 3.8) is 0 Å². The van der Waals surface area contributed by atoms with E-state index in [-0.39, 0.29) is 11.8 Å². The molecule has 0 radical (unpaired) electrons. The largest absolute Gasteiger partial charge is 0.507 e. The highest BCUT2D eigenvalue weighted by Gasteiger charge is 2.14. The highest BCUT2D eigenvalue weighted by molar-refractivity contribution is 5.43. The van der Waals surface area contributed by atoms with Crippen LogP contribution in [0.1, 0.15) is 29.7 Å². The molecule has 0 spiro atoms. The Balaban J connectivity index is 3.12. The Morgan fingerprint density at radius 3 is 2.00 bits per heavy atom. The first-order valence-electron chi connectivity index (χ1n) is 4.67. The molecule has 78 valence electrons. The molecular formula is C11H17NO2. The SMILES string of the molecule is Cc1cc(C(O)C(C)N)cc(C)c1O. The van der Waals surface area contributed by atoms with Crippen molar-refractivity contribution < 1.29 is 10.2 Å². The van der Waals surface area contributed by atoms with Crippen LogP contribution in [-0.4, -0.2) is 16.3 Å². The number of rotatable bonds is 2. The molecule has 2 unspecified atom stereocenters. The first-order chi connectivity index (χ1) is 6.43. The normalized spacial score (nSPS) is 15.2. The van der Waals surface area contributed by atoms with Crippen molar-refractivity contribution >= 4 is 0 Å². The van der Waals surface area contributed by atoms with E-state index in [4.69, 9.17) is 5.73 Å². The Hall–Kier alpha value is -1.06. The second kappa shape index (κ2) is 3.98. The fourth-order valence-corrected chi connectivity index (χ4v) is 1.46. The van der Waals surface area contributed by atoms with E-state index in [9.17, 15) is 10.2 Å². The molecule has 3 nitrogen and oxygen atoms in total. The molecule has 1 aromatic rings. The molecule has 0 saturated heterocycles. The minimum absolute atomic E-state index is 0.283. The number of aryl methyl sites for hydroxylation is 2. The first kappa shape index (κ1) is 11.0. The maximum absolute atomic E-state index is 9.73. The van der Waals surface area contributed by atoms with Crippen molar-refractivity contribution in [3.05, 3.63) is 28.8 Å². The van der Waals surface area contributed by atoms with Crippen LogP contribution in [0.5, 0.6) is 5.75 Å². The molecule has 0 aliphatic carbocycles. The standard InChI is InChI=1S/C11H17NO2/c1-6-4-9(11(14)8(3)12)5-7(2)10(6)13/h4-5,8,11,13-14H,12H2,1-3H3. The fourth-order valence-electron chi connectivity index (χ4n) is 1.46. The van der Waals surface area contributed by atoms with Gasteiger partial charge in [0.15, 0.2) is 0 Å². The molecule has 0 amide bonds. The zero-order chi connectivity index (χ0) is 10.9. The second-order valence-corrected chi connectivity index (χ2v) is 3.81. The summed E-state index contributed by atoms with van der Waals surface area (Å²) in [5.74, 6) is 0.283. The van der Waals surface area contributed by atoms with Gasteiger partial charge in [-0.3, -0.25) is 0 Å². The van der Waals surface area contributed by atoms with Gasteiger partial charge in [-0.2, -0.15) is 0 Å². The number of benzene rings is 1. The summed E-state index contributed by atoms with van der Waals surface area (Å²) in [6, 6.07) is 3.21. The topological polar surface area (TPSA) is 66.5 Å². The van der Waals surface area contributed by atoms with Gasteiger partial charge in [-0.1, -0.05) is 0 Å². The lowest BCUT2D eigenvalue weighted by Gasteiger charge is -2.16. The molecular weight excluding hydrogens is 178 g/mol. The highest BCUT2D eigenvalue weighted by atomic mass is 16.3. The van der Waals surface area contributed by atoms with Crippen LogP contribution >= 0.6 is 0 Å². The van der Waals surface area contributed by atoms with E-state index in [1.165, 1.54) is 0 Å². The Morgan fingerprint density at radius 1 is 1.21 bits per heavy atom. The summed E-state index contributed by atoms with van der Waals surface area (Å²) in [5, 5.41) is 19.3. The van der Waals surface area contributed by atoms with Crippen molar-refractivity contribution in [1.29, 1.82) is 0 Å². The number of aromatic hydroxyl groups is 1. The summed E-state index contributed by atoms with van der Waals surface area (Å²) in [6.07, 6.45) is -0.673. The van der Waals surface area contributed by atoms with Crippen LogP contribution < -0.4 is 5.73 Å². The number of aliphatic hydroxyl groups excluding tert-OH is 1. The average Bonchev–Trinajstić information content (AvgIpc) is 2.12. The number of aliphatic hydroxyl groups is 1. The van der Waals surface area contributed by atoms with Gasteiger partial charge in [0.25, 0.3) is 0 Å². The van der Waals surface area contributed by atoms with E-state index in [2.05, 4.69) is 0 Å². The number of phenolic OH excluding ortho intramolecular Hbond substituents is 1. The lowest BCUT2D eigenvalue weighted by Crippen LogP contribution is -2.24. The molecule has 0 aliphatic rings. The van der Waals surface area contributed by atoms with Gasteiger partial charge in [0, 0.05) is 6.04 Å². The van der Waals surface area contributed by atoms with Crippen LogP contribution in [0.25, 0.3) is 0 Å². The quantitative estimate of drug-likeness (QED) is 0.668. The van der Waals surface area contributed by atoms with Crippen molar-refractivity contribution in [3.8, 4) is 5.75 Å². The minimum atomic E-state index is -0.673. The molecule has 0 aromatic heterocycles. The van der Waals surface area contributed by atoms with E-state index >= 15 is 0 Å². The number of hydrogen-bond acceptors (Lipinski definition) is 3. The molecule has 2 atom stereocenters. The Bertz CT molecular complexity index is 311. The Labute approximate surface area is 84.2 Å². The van der Waals surface area contributed by atoms with Gasteiger partial charge >= 0.3 is 0 Å². The summed E-state index contributed by atoms with van der Waals surface area (Å²) in [4.78, 5) is 0. The van der Waals surface area contributed by atoms with E-state index in [0.29, 0.717) is 0 Å².